The molecular formula is C24H17ClN2O. The first-order valence-corrected chi connectivity index (χ1v) is 9.60. The van der Waals surface area contributed by atoms with Gasteiger partial charge in [-0.1, -0.05) is 78.3 Å². The fraction of sp³-hybridized carbons (Fsp3) is 0.0833. The molecule has 0 radical (unpaired) electrons. The van der Waals surface area contributed by atoms with E-state index >= 15 is 0 Å². The summed E-state index contributed by atoms with van der Waals surface area (Å²) in [5.74, 6) is 0.00651. The van der Waals surface area contributed by atoms with Crippen molar-refractivity contribution in [3.8, 4) is 11.1 Å². The van der Waals surface area contributed by atoms with Crippen LogP contribution in [-0.2, 0) is 13.1 Å². The molecule has 0 aliphatic carbocycles. The van der Waals surface area contributed by atoms with Crippen molar-refractivity contribution in [2.24, 2.45) is 0 Å². The van der Waals surface area contributed by atoms with Gasteiger partial charge in [0.15, 0.2) is 0 Å². The fourth-order valence-corrected chi connectivity index (χ4v) is 4.08. The van der Waals surface area contributed by atoms with Crippen LogP contribution in [0.25, 0.3) is 22.0 Å². The average Bonchev–Trinajstić information content (AvgIpc) is 3.03. The zero-order valence-corrected chi connectivity index (χ0v) is 15.9. The number of hydrogen-bond acceptors (Lipinski definition) is 2. The van der Waals surface area contributed by atoms with Crippen LogP contribution in [0.5, 0.6) is 0 Å². The quantitative estimate of drug-likeness (QED) is 0.453. The highest BCUT2D eigenvalue weighted by atomic mass is 35.5. The molecule has 2 heterocycles. The van der Waals surface area contributed by atoms with Crippen molar-refractivity contribution in [2.45, 2.75) is 13.1 Å². The van der Waals surface area contributed by atoms with Crippen LogP contribution in [0.4, 0.5) is 0 Å². The lowest BCUT2D eigenvalue weighted by atomic mass is 9.95. The third-order valence-corrected chi connectivity index (χ3v) is 5.56. The smallest absolute Gasteiger partial charge is 0.257 e. The molecule has 0 unspecified atom stereocenters. The minimum Gasteiger partial charge on any atom is -0.328 e. The molecule has 5 rings (SSSR count). The number of nitrogens with zero attached hydrogens (tertiary/aromatic N) is 2. The first kappa shape index (κ1) is 17.0. The molecule has 1 aliphatic heterocycles. The number of fused-ring (bicyclic) bond motifs is 2. The molecule has 0 saturated heterocycles. The molecule has 0 spiro atoms. The lowest BCUT2D eigenvalue weighted by molar-refractivity contribution is 0.0767. The maximum atomic E-state index is 13.4. The highest BCUT2D eigenvalue weighted by Crippen LogP contribution is 2.37. The van der Waals surface area contributed by atoms with Gasteiger partial charge < -0.3 is 4.90 Å². The molecule has 1 aromatic heterocycles. The standard InChI is InChI=1S/C24H17ClN2O/c25-19-12-6-4-10-17(19)14-27-15-21-23(24(27)28)22(16-8-2-1-3-9-16)18-11-5-7-13-20(18)26-21/h1-13H,14-15H2. The summed E-state index contributed by atoms with van der Waals surface area (Å²) in [6, 6.07) is 25.7. The highest BCUT2D eigenvalue weighted by molar-refractivity contribution is 6.31. The van der Waals surface area contributed by atoms with Crippen molar-refractivity contribution < 1.29 is 4.79 Å². The summed E-state index contributed by atoms with van der Waals surface area (Å²) < 4.78 is 0. The molecule has 0 bridgehead atoms. The van der Waals surface area contributed by atoms with E-state index in [1.54, 1.807) is 0 Å². The predicted octanol–water partition coefficient (Wildman–Crippen LogP) is 5.71. The molecule has 4 heteroatoms. The molecule has 1 amide bonds. The Morgan fingerprint density at radius 2 is 1.57 bits per heavy atom. The van der Waals surface area contributed by atoms with E-state index in [4.69, 9.17) is 16.6 Å². The first-order valence-electron chi connectivity index (χ1n) is 9.22. The van der Waals surface area contributed by atoms with Gasteiger partial charge in [-0.25, -0.2) is 0 Å². The molecule has 0 N–H and O–H groups in total. The Kier molecular flexibility index (Phi) is 4.10. The van der Waals surface area contributed by atoms with Gasteiger partial charge >= 0.3 is 0 Å². The fourth-order valence-electron chi connectivity index (χ4n) is 3.88. The van der Waals surface area contributed by atoms with Crippen molar-refractivity contribution in [1.82, 2.24) is 9.88 Å². The first-order chi connectivity index (χ1) is 13.7. The molecule has 3 nitrogen and oxygen atoms in total. The number of halogens is 1. The zero-order chi connectivity index (χ0) is 19.1. The van der Waals surface area contributed by atoms with Gasteiger partial charge in [0.1, 0.15) is 0 Å². The Hall–Kier alpha value is -3.17. The molecule has 136 valence electrons. The Labute approximate surface area is 168 Å². The molecule has 28 heavy (non-hydrogen) atoms. The number of carbonyl (C=O) groups is 1. The maximum absolute atomic E-state index is 13.4. The molecule has 3 aromatic carbocycles. The van der Waals surface area contributed by atoms with E-state index in [1.807, 2.05) is 83.8 Å². The van der Waals surface area contributed by atoms with Crippen LogP contribution in [0.1, 0.15) is 21.6 Å². The Morgan fingerprint density at radius 1 is 0.857 bits per heavy atom. The molecular weight excluding hydrogens is 368 g/mol. The zero-order valence-electron chi connectivity index (χ0n) is 15.1. The van der Waals surface area contributed by atoms with Gasteiger partial charge in [-0.2, -0.15) is 0 Å². The summed E-state index contributed by atoms with van der Waals surface area (Å²) in [5, 5.41) is 1.67. The van der Waals surface area contributed by atoms with E-state index in [0.717, 1.165) is 33.3 Å². The van der Waals surface area contributed by atoms with Gasteiger partial charge in [-0.15, -0.1) is 0 Å². The van der Waals surface area contributed by atoms with E-state index in [1.165, 1.54) is 0 Å². The SMILES string of the molecule is O=C1c2c(nc3ccccc3c2-c2ccccc2)CN1Cc1ccccc1Cl. The van der Waals surface area contributed by atoms with E-state index in [-0.39, 0.29) is 5.91 Å². The number of benzene rings is 3. The van der Waals surface area contributed by atoms with E-state index < -0.39 is 0 Å². The number of pyridine rings is 1. The van der Waals surface area contributed by atoms with Gasteiger partial charge in [-0.3, -0.25) is 9.78 Å². The van der Waals surface area contributed by atoms with E-state index in [2.05, 4.69) is 0 Å². The number of amides is 1. The Bertz CT molecular complexity index is 1200. The van der Waals surface area contributed by atoms with Crippen molar-refractivity contribution in [1.29, 1.82) is 0 Å². The summed E-state index contributed by atoms with van der Waals surface area (Å²) in [4.78, 5) is 20.0. The second-order valence-electron chi connectivity index (χ2n) is 6.94. The average molecular weight is 385 g/mol. The Balaban J connectivity index is 1.66. The van der Waals surface area contributed by atoms with E-state index in [9.17, 15) is 4.79 Å². The topological polar surface area (TPSA) is 33.2 Å². The van der Waals surface area contributed by atoms with Gasteiger partial charge in [0.2, 0.25) is 0 Å². The normalized spacial score (nSPS) is 13.2. The van der Waals surface area contributed by atoms with E-state index in [0.29, 0.717) is 23.7 Å². The van der Waals surface area contributed by atoms with Crippen molar-refractivity contribution in [2.75, 3.05) is 0 Å². The Morgan fingerprint density at radius 3 is 2.39 bits per heavy atom. The number of carbonyl (C=O) groups excluding carboxylic acids is 1. The van der Waals surface area contributed by atoms with Gasteiger partial charge in [0, 0.05) is 22.5 Å². The highest BCUT2D eigenvalue weighted by Gasteiger charge is 2.33. The summed E-state index contributed by atoms with van der Waals surface area (Å²) in [6.45, 7) is 0.962. The molecule has 1 aliphatic rings. The van der Waals surface area contributed by atoms with Crippen LogP contribution in [-0.4, -0.2) is 15.8 Å². The summed E-state index contributed by atoms with van der Waals surface area (Å²) >= 11 is 6.32. The summed E-state index contributed by atoms with van der Waals surface area (Å²) in [7, 11) is 0. The molecule has 0 fully saturated rings. The minimum atomic E-state index is 0.00651. The predicted molar refractivity (Wildman–Crippen MR) is 112 cm³/mol. The van der Waals surface area contributed by atoms with Crippen molar-refractivity contribution >= 4 is 28.4 Å². The monoisotopic (exact) mass is 384 g/mol. The maximum Gasteiger partial charge on any atom is 0.257 e. The lowest BCUT2D eigenvalue weighted by Gasteiger charge is -2.16. The minimum absolute atomic E-state index is 0.00651. The van der Waals surface area contributed by atoms with Crippen molar-refractivity contribution in [3.05, 3.63) is 101 Å². The van der Waals surface area contributed by atoms with Crippen molar-refractivity contribution in [3.63, 3.8) is 0 Å². The van der Waals surface area contributed by atoms with Gasteiger partial charge in [-0.05, 0) is 23.3 Å². The third kappa shape index (κ3) is 2.76. The van der Waals surface area contributed by atoms with Crippen LogP contribution < -0.4 is 0 Å². The lowest BCUT2D eigenvalue weighted by Crippen LogP contribution is -2.23. The largest absolute Gasteiger partial charge is 0.328 e. The second-order valence-corrected chi connectivity index (χ2v) is 7.35. The second kappa shape index (κ2) is 6.77. The van der Waals surface area contributed by atoms with Crippen LogP contribution in [0.15, 0.2) is 78.9 Å². The molecule has 4 aromatic rings. The number of hydrogen-bond donors (Lipinski definition) is 0. The molecule has 0 atom stereocenters. The summed E-state index contributed by atoms with van der Waals surface area (Å²) in [6.07, 6.45) is 0. The number of rotatable bonds is 3. The third-order valence-electron chi connectivity index (χ3n) is 5.19. The van der Waals surface area contributed by atoms with Crippen LogP contribution in [0, 0.1) is 0 Å². The van der Waals surface area contributed by atoms with Gasteiger partial charge in [0.05, 0.1) is 23.3 Å². The molecule has 0 saturated carbocycles. The number of aromatic nitrogens is 1. The van der Waals surface area contributed by atoms with Crippen LogP contribution in [0.2, 0.25) is 5.02 Å². The van der Waals surface area contributed by atoms with Crippen LogP contribution >= 0.6 is 11.6 Å². The number of para-hydroxylation sites is 1. The summed E-state index contributed by atoms with van der Waals surface area (Å²) in [5.41, 5.74) is 5.38. The van der Waals surface area contributed by atoms with Crippen LogP contribution in [0.3, 0.4) is 0 Å². The van der Waals surface area contributed by atoms with Gasteiger partial charge in [0.25, 0.3) is 5.91 Å².